The van der Waals surface area contributed by atoms with E-state index in [1.807, 2.05) is 49.4 Å². The van der Waals surface area contributed by atoms with Crippen molar-refractivity contribution in [3.63, 3.8) is 0 Å². The van der Waals surface area contributed by atoms with Crippen LogP contribution in [0.15, 0.2) is 64.8 Å². The number of nitrogen functional groups attached to an aromatic ring is 1. The fourth-order valence-electron chi connectivity index (χ4n) is 1.92. The van der Waals surface area contributed by atoms with Crippen molar-refractivity contribution in [1.29, 1.82) is 0 Å². The molecule has 0 heterocycles. The minimum Gasteiger partial charge on any atom is -0.399 e. The maximum Gasteiger partial charge on any atom is 0.0600 e. The molecule has 0 aromatic heterocycles. The van der Waals surface area contributed by atoms with Crippen molar-refractivity contribution >= 4 is 33.0 Å². The molecule has 0 unspecified atom stereocenters. The highest BCUT2D eigenvalue weighted by Gasteiger charge is 2.13. The van der Waals surface area contributed by atoms with Crippen LogP contribution in [0.2, 0.25) is 0 Å². The van der Waals surface area contributed by atoms with Gasteiger partial charge in [-0.3, -0.25) is 0 Å². The third-order valence-corrected chi connectivity index (χ3v) is 3.69. The Balaban J connectivity index is 2.54. The van der Waals surface area contributed by atoms with Gasteiger partial charge in [0.15, 0.2) is 0 Å². The predicted molar refractivity (Wildman–Crippen MR) is 86.6 cm³/mol. The van der Waals surface area contributed by atoms with Crippen LogP contribution in [0.1, 0.15) is 13.8 Å². The van der Waals surface area contributed by atoms with Crippen LogP contribution < -0.4 is 10.6 Å². The molecular weight excluding hydrogens is 300 g/mol. The molecule has 3 heteroatoms. The second-order valence-corrected chi connectivity index (χ2v) is 5.16. The molecule has 0 amide bonds. The highest BCUT2D eigenvalue weighted by atomic mass is 79.9. The number of hydrogen-bond donors (Lipinski definition) is 1. The van der Waals surface area contributed by atoms with E-state index in [9.17, 15) is 0 Å². The summed E-state index contributed by atoms with van der Waals surface area (Å²) in [4.78, 5) is 2.20. The summed E-state index contributed by atoms with van der Waals surface area (Å²) in [5.41, 5.74) is 9.91. The van der Waals surface area contributed by atoms with Gasteiger partial charge in [-0.2, -0.15) is 0 Å². The number of nitrogens with two attached hydrogens (primary N) is 1. The average molecular weight is 317 g/mol. The predicted octanol–water partition coefficient (Wildman–Crippen LogP) is 5.09. The van der Waals surface area contributed by atoms with Crippen LogP contribution in [0, 0.1) is 0 Å². The van der Waals surface area contributed by atoms with Crippen molar-refractivity contribution < 1.29 is 0 Å². The summed E-state index contributed by atoms with van der Waals surface area (Å²) in [6, 6.07) is 16.1. The summed E-state index contributed by atoms with van der Waals surface area (Å²) in [6.07, 6.45) is 2.09. The molecule has 0 radical (unpaired) electrons. The molecule has 0 aliphatic rings. The van der Waals surface area contributed by atoms with Crippen molar-refractivity contribution in [2.24, 2.45) is 0 Å². The molecule has 2 rings (SSSR count). The first kappa shape index (κ1) is 13.7. The highest BCUT2D eigenvalue weighted by molar-refractivity contribution is 9.10. The number of rotatable bonds is 3. The Morgan fingerprint density at radius 3 is 2.32 bits per heavy atom. The number of benzene rings is 2. The standard InChI is InChI=1S/C16H17BrN2/c1-3-12(2)19(14-10-8-13(18)9-11-14)16-7-5-4-6-15(16)17/h3-11H,18H2,1-2H3. The van der Waals surface area contributed by atoms with Crippen molar-refractivity contribution in [3.05, 3.63) is 64.8 Å². The maximum atomic E-state index is 5.76. The van der Waals surface area contributed by atoms with Crippen molar-refractivity contribution in [1.82, 2.24) is 0 Å². The van der Waals surface area contributed by atoms with Crippen LogP contribution in [0.4, 0.5) is 17.1 Å². The van der Waals surface area contributed by atoms with Gasteiger partial charge in [-0.25, -0.2) is 0 Å². The molecule has 0 aliphatic carbocycles. The molecule has 0 spiro atoms. The summed E-state index contributed by atoms with van der Waals surface area (Å²) in [7, 11) is 0. The Morgan fingerprint density at radius 1 is 1.11 bits per heavy atom. The normalized spacial score (nSPS) is 11.4. The van der Waals surface area contributed by atoms with E-state index in [0.717, 1.165) is 27.2 Å². The average Bonchev–Trinajstić information content (AvgIpc) is 2.43. The number of anilines is 3. The molecular formula is C16H17BrN2. The first-order chi connectivity index (χ1) is 9.13. The molecule has 0 atom stereocenters. The SMILES string of the molecule is CC=C(C)N(c1ccc(N)cc1)c1ccccc1Br. The lowest BCUT2D eigenvalue weighted by Gasteiger charge is -2.27. The third kappa shape index (κ3) is 2.99. The molecule has 0 bridgehead atoms. The molecule has 0 aliphatic heterocycles. The Morgan fingerprint density at radius 2 is 1.74 bits per heavy atom. The first-order valence-electron chi connectivity index (χ1n) is 6.16. The number of nitrogens with zero attached hydrogens (tertiary/aromatic N) is 1. The van der Waals surface area contributed by atoms with Crippen LogP contribution in [0.5, 0.6) is 0 Å². The van der Waals surface area contributed by atoms with Crippen LogP contribution >= 0.6 is 15.9 Å². The van der Waals surface area contributed by atoms with Crippen LogP contribution in [0.25, 0.3) is 0 Å². The van der Waals surface area contributed by atoms with Crippen molar-refractivity contribution in [3.8, 4) is 0 Å². The molecule has 0 saturated heterocycles. The van der Waals surface area contributed by atoms with Gasteiger partial charge in [-0.05, 0) is 66.2 Å². The molecule has 2 aromatic carbocycles. The van der Waals surface area contributed by atoms with E-state index in [0.29, 0.717) is 0 Å². The highest BCUT2D eigenvalue weighted by Crippen LogP contribution is 2.35. The summed E-state index contributed by atoms with van der Waals surface area (Å²) >= 11 is 3.61. The Labute approximate surface area is 122 Å². The smallest absolute Gasteiger partial charge is 0.0600 e. The number of halogens is 1. The van der Waals surface area contributed by atoms with Gasteiger partial charge in [0.2, 0.25) is 0 Å². The fourth-order valence-corrected chi connectivity index (χ4v) is 2.38. The lowest BCUT2D eigenvalue weighted by Crippen LogP contribution is -2.14. The molecule has 19 heavy (non-hydrogen) atoms. The lowest BCUT2D eigenvalue weighted by atomic mass is 10.2. The summed E-state index contributed by atoms with van der Waals surface area (Å²) in [5, 5.41) is 0. The monoisotopic (exact) mass is 316 g/mol. The van der Waals surface area contributed by atoms with Gasteiger partial charge in [0, 0.05) is 21.5 Å². The van der Waals surface area contributed by atoms with Crippen molar-refractivity contribution in [2.45, 2.75) is 13.8 Å². The van der Waals surface area contributed by atoms with Crippen LogP contribution in [-0.2, 0) is 0 Å². The topological polar surface area (TPSA) is 29.3 Å². The van der Waals surface area contributed by atoms with E-state index in [4.69, 9.17) is 5.73 Å². The molecule has 0 saturated carbocycles. The van der Waals surface area contributed by atoms with E-state index < -0.39 is 0 Å². The number of hydrogen-bond acceptors (Lipinski definition) is 2. The van der Waals surface area contributed by atoms with E-state index in [-0.39, 0.29) is 0 Å². The van der Waals surface area contributed by atoms with E-state index in [1.54, 1.807) is 0 Å². The molecule has 2 nitrogen and oxygen atoms in total. The fraction of sp³-hybridized carbons (Fsp3) is 0.125. The van der Waals surface area contributed by atoms with Crippen LogP contribution in [-0.4, -0.2) is 0 Å². The van der Waals surface area contributed by atoms with Gasteiger partial charge in [0.05, 0.1) is 5.69 Å². The quantitative estimate of drug-likeness (QED) is 0.799. The minimum atomic E-state index is 0.772. The van der Waals surface area contributed by atoms with Gasteiger partial charge in [-0.1, -0.05) is 18.2 Å². The molecule has 2 N–H and O–H groups in total. The summed E-state index contributed by atoms with van der Waals surface area (Å²) < 4.78 is 1.06. The van der Waals surface area contributed by atoms with Crippen molar-refractivity contribution in [2.75, 3.05) is 10.6 Å². The summed E-state index contributed by atoms with van der Waals surface area (Å²) in [5.74, 6) is 0. The Kier molecular flexibility index (Phi) is 4.27. The second kappa shape index (κ2) is 5.93. The first-order valence-corrected chi connectivity index (χ1v) is 6.96. The largest absolute Gasteiger partial charge is 0.399 e. The zero-order valence-corrected chi connectivity index (χ0v) is 12.7. The van der Waals surface area contributed by atoms with E-state index in [1.165, 1.54) is 0 Å². The maximum absolute atomic E-state index is 5.76. The zero-order chi connectivity index (χ0) is 13.8. The lowest BCUT2D eigenvalue weighted by molar-refractivity contribution is 1.14. The Hall–Kier alpha value is -1.74. The van der Waals surface area contributed by atoms with Crippen LogP contribution in [0.3, 0.4) is 0 Å². The summed E-state index contributed by atoms with van der Waals surface area (Å²) in [6.45, 7) is 4.13. The Bertz CT molecular complexity index is 588. The second-order valence-electron chi connectivity index (χ2n) is 4.31. The zero-order valence-electron chi connectivity index (χ0n) is 11.1. The third-order valence-electron chi connectivity index (χ3n) is 3.02. The van der Waals surface area contributed by atoms with E-state index >= 15 is 0 Å². The molecule has 0 fully saturated rings. The van der Waals surface area contributed by atoms with Gasteiger partial charge < -0.3 is 10.6 Å². The van der Waals surface area contributed by atoms with Gasteiger partial charge in [0.1, 0.15) is 0 Å². The van der Waals surface area contributed by atoms with Gasteiger partial charge in [-0.15, -0.1) is 0 Å². The number of para-hydroxylation sites is 1. The van der Waals surface area contributed by atoms with E-state index in [2.05, 4.69) is 39.9 Å². The minimum absolute atomic E-state index is 0.772. The molecule has 98 valence electrons. The van der Waals surface area contributed by atoms with Gasteiger partial charge in [0.25, 0.3) is 0 Å². The molecule has 2 aromatic rings. The number of allylic oxidation sites excluding steroid dienone is 2. The van der Waals surface area contributed by atoms with Gasteiger partial charge >= 0.3 is 0 Å².